The second kappa shape index (κ2) is 8.82. The molecule has 6 nitrogen and oxygen atoms in total. The van der Waals surface area contributed by atoms with Crippen LogP contribution in [0.1, 0.15) is 24.8 Å². The van der Waals surface area contributed by atoms with Gasteiger partial charge >= 0.3 is 0 Å². The fourth-order valence-electron chi connectivity index (χ4n) is 4.20. The van der Waals surface area contributed by atoms with Crippen LogP contribution in [-0.4, -0.2) is 33.3 Å². The molecular weight excluding hydrogens is 446 g/mol. The van der Waals surface area contributed by atoms with E-state index in [2.05, 4.69) is 15.0 Å². The molecule has 0 spiro atoms. The van der Waals surface area contributed by atoms with E-state index in [0.717, 1.165) is 41.9 Å². The van der Waals surface area contributed by atoms with E-state index in [1.54, 1.807) is 0 Å². The predicted octanol–water partition coefficient (Wildman–Crippen LogP) is 4.50. The van der Waals surface area contributed by atoms with E-state index in [0.29, 0.717) is 24.5 Å². The maximum absolute atomic E-state index is 14.2. The lowest BCUT2D eigenvalue weighted by molar-refractivity contribution is -0.120. The van der Waals surface area contributed by atoms with Crippen LogP contribution in [0.4, 0.5) is 13.9 Å². The van der Waals surface area contributed by atoms with Crippen LogP contribution in [-0.2, 0) is 11.2 Å². The Morgan fingerprint density at radius 1 is 1.09 bits per heavy atom. The van der Waals surface area contributed by atoms with Crippen molar-refractivity contribution >= 4 is 32.6 Å². The van der Waals surface area contributed by atoms with Crippen LogP contribution < -0.4 is 10.5 Å². The van der Waals surface area contributed by atoms with E-state index in [9.17, 15) is 18.4 Å². The molecule has 1 aliphatic heterocycles. The van der Waals surface area contributed by atoms with E-state index in [4.69, 9.17) is 0 Å². The Bertz CT molecular complexity index is 1370. The van der Waals surface area contributed by atoms with Gasteiger partial charge in [-0.2, -0.15) is 0 Å². The van der Waals surface area contributed by atoms with Gasteiger partial charge in [0.2, 0.25) is 0 Å². The number of rotatable bonds is 6. The third kappa shape index (κ3) is 4.16. The van der Waals surface area contributed by atoms with Crippen LogP contribution in [0.2, 0.25) is 0 Å². The van der Waals surface area contributed by atoms with E-state index in [1.165, 1.54) is 6.07 Å². The number of aromatic nitrogens is 3. The predicted molar refractivity (Wildman–Crippen MR) is 124 cm³/mol. The fraction of sp³-hybridized carbons (Fsp3) is 0.250. The van der Waals surface area contributed by atoms with Crippen molar-refractivity contribution in [1.82, 2.24) is 15.0 Å². The fourth-order valence-corrected chi connectivity index (χ4v) is 5.21. The van der Waals surface area contributed by atoms with Crippen molar-refractivity contribution in [2.75, 3.05) is 11.4 Å². The molecule has 1 atom stereocenters. The molecule has 9 heteroatoms. The number of carbonyl (C=O) groups is 1. The number of benzene rings is 2. The highest BCUT2D eigenvalue weighted by Gasteiger charge is 2.32. The number of hydrogen-bond donors (Lipinski definition) is 1. The van der Waals surface area contributed by atoms with Crippen LogP contribution >= 0.6 is 11.3 Å². The summed E-state index contributed by atoms with van der Waals surface area (Å²) in [7, 11) is 0. The molecule has 3 heterocycles. The number of nitrogens with one attached hydrogen (secondary N) is 1. The van der Waals surface area contributed by atoms with Crippen molar-refractivity contribution in [3.05, 3.63) is 76.1 Å². The van der Waals surface area contributed by atoms with Gasteiger partial charge in [0.05, 0.1) is 11.6 Å². The number of fused-ring (bicyclic) bond motifs is 1. The maximum atomic E-state index is 14.2. The quantitative estimate of drug-likeness (QED) is 0.453. The van der Waals surface area contributed by atoms with Crippen LogP contribution in [0, 0.1) is 11.6 Å². The topological polar surface area (TPSA) is 79.0 Å². The van der Waals surface area contributed by atoms with Crippen molar-refractivity contribution in [2.45, 2.75) is 31.7 Å². The van der Waals surface area contributed by atoms with Crippen molar-refractivity contribution in [3.8, 4) is 11.4 Å². The van der Waals surface area contributed by atoms with Gasteiger partial charge in [-0.15, -0.1) is 0 Å². The molecule has 0 saturated carbocycles. The zero-order chi connectivity index (χ0) is 22.9. The molecule has 0 unspecified atom stereocenters. The average molecular weight is 467 g/mol. The molecule has 168 valence electrons. The van der Waals surface area contributed by atoms with Gasteiger partial charge in [-0.1, -0.05) is 47.7 Å². The van der Waals surface area contributed by atoms with E-state index in [1.807, 2.05) is 35.2 Å². The minimum absolute atomic E-state index is 0.0953. The Morgan fingerprint density at radius 3 is 2.61 bits per heavy atom. The molecule has 1 aliphatic rings. The highest BCUT2D eigenvalue weighted by atomic mass is 32.1. The van der Waals surface area contributed by atoms with Crippen molar-refractivity contribution in [2.24, 2.45) is 0 Å². The zero-order valence-electron chi connectivity index (χ0n) is 17.6. The first-order chi connectivity index (χ1) is 16.0. The summed E-state index contributed by atoms with van der Waals surface area (Å²) in [6.07, 6.45) is 2.65. The van der Waals surface area contributed by atoms with Gasteiger partial charge < -0.3 is 9.88 Å². The van der Waals surface area contributed by atoms with E-state index in [-0.39, 0.29) is 33.6 Å². The largest absolute Gasteiger partial charge is 0.338 e. The number of aromatic amines is 1. The summed E-state index contributed by atoms with van der Waals surface area (Å²) >= 11 is 1.15. The van der Waals surface area contributed by atoms with Gasteiger partial charge in [0.15, 0.2) is 21.3 Å². The molecule has 0 aliphatic carbocycles. The van der Waals surface area contributed by atoms with Crippen molar-refractivity contribution in [1.29, 1.82) is 0 Å². The van der Waals surface area contributed by atoms with Crippen molar-refractivity contribution in [3.63, 3.8) is 0 Å². The van der Waals surface area contributed by atoms with Crippen LogP contribution in [0.3, 0.4) is 0 Å². The molecule has 1 saturated heterocycles. The molecule has 2 aromatic carbocycles. The maximum Gasteiger partial charge on any atom is 0.278 e. The Labute approximate surface area is 191 Å². The minimum Gasteiger partial charge on any atom is -0.338 e. The Hall–Kier alpha value is -3.46. The standard InChI is InChI=1S/C24H20F2N4O2S/c25-15-8-4-9-16(26)19(15)21-28-22(32)20-23(29-21)33-24(27-20)30-13-5-10-17(30)18(31)12-11-14-6-2-1-3-7-14/h1-4,6-9,17H,5,10-13H2,(H,28,29,32)/t17-/m1/s1. The summed E-state index contributed by atoms with van der Waals surface area (Å²) in [5.41, 5.74) is 0.241. The zero-order valence-corrected chi connectivity index (χ0v) is 18.4. The number of Topliss-reactive ketones (excluding diaryl/α,β-unsaturated/α-hetero) is 1. The van der Waals surface area contributed by atoms with Gasteiger partial charge in [0.1, 0.15) is 17.5 Å². The number of halogens is 2. The second-order valence-corrected chi connectivity index (χ2v) is 8.92. The Kier molecular flexibility index (Phi) is 5.72. The van der Waals surface area contributed by atoms with Gasteiger partial charge in [-0.3, -0.25) is 9.59 Å². The Morgan fingerprint density at radius 2 is 1.85 bits per heavy atom. The second-order valence-electron chi connectivity index (χ2n) is 7.96. The number of H-pyrrole nitrogens is 1. The molecule has 1 fully saturated rings. The summed E-state index contributed by atoms with van der Waals surface area (Å²) in [6.45, 7) is 0.647. The summed E-state index contributed by atoms with van der Waals surface area (Å²) < 4.78 is 28.4. The molecule has 5 rings (SSSR count). The molecule has 0 radical (unpaired) electrons. The van der Waals surface area contributed by atoms with Crippen LogP contribution in [0.15, 0.2) is 53.3 Å². The van der Waals surface area contributed by atoms with Gasteiger partial charge in [0, 0.05) is 13.0 Å². The first kappa shape index (κ1) is 21.4. The molecule has 33 heavy (non-hydrogen) atoms. The number of hydrogen-bond acceptors (Lipinski definition) is 6. The first-order valence-electron chi connectivity index (χ1n) is 10.7. The first-order valence-corrected chi connectivity index (χ1v) is 11.5. The van der Waals surface area contributed by atoms with Crippen molar-refractivity contribution < 1.29 is 13.6 Å². The number of thiazole rings is 1. The number of aryl methyl sites for hydroxylation is 1. The van der Waals surface area contributed by atoms with Gasteiger partial charge in [0.25, 0.3) is 5.56 Å². The van der Waals surface area contributed by atoms with Gasteiger partial charge in [-0.05, 0) is 37.0 Å². The lowest BCUT2D eigenvalue weighted by atomic mass is 10.0. The molecule has 0 amide bonds. The number of anilines is 1. The summed E-state index contributed by atoms with van der Waals surface area (Å²) in [5, 5.41) is 0.518. The molecule has 4 aromatic rings. The van der Waals surface area contributed by atoms with Crippen LogP contribution in [0.5, 0.6) is 0 Å². The molecule has 2 aromatic heterocycles. The highest BCUT2D eigenvalue weighted by molar-refractivity contribution is 7.21. The molecule has 0 bridgehead atoms. The number of ketones is 1. The lowest BCUT2D eigenvalue weighted by Gasteiger charge is -2.22. The molecular formula is C24H20F2N4O2S. The summed E-state index contributed by atoms with van der Waals surface area (Å²) in [4.78, 5) is 38.9. The van der Waals surface area contributed by atoms with Gasteiger partial charge in [-0.25, -0.2) is 18.7 Å². The third-order valence-electron chi connectivity index (χ3n) is 5.83. The highest BCUT2D eigenvalue weighted by Crippen LogP contribution is 2.33. The SMILES string of the molecule is O=C(CCc1ccccc1)[C@H]1CCCN1c1nc2c(=O)[nH]c(-c3c(F)cccc3F)nc2s1. The normalized spacial score (nSPS) is 15.9. The smallest absolute Gasteiger partial charge is 0.278 e. The van der Waals surface area contributed by atoms with Crippen LogP contribution in [0.25, 0.3) is 21.7 Å². The summed E-state index contributed by atoms with van der Waals surface area (Å²) in [5.74, 6) is -1.68. The number of nitrogens with zero attached hydrogens (tertiary/aromatic N) is 3. The Balaban J connectivity index is 1.43. The monoisotopic (exact) mass is 466 g/mol. The number of carbonyl (C=O) groups excluding carboxylic acids is 1. The van der Waals surface area contributed by atoms with E-state index < -0.39 is 17.2 Å². The third-order valence-corrected chi connectivity index (χ3v) is 6.82. The average Bonchev–Trinajstić information content (AvgIpc) is 3.45. The molecule has 1 N–H and O–H groups in total. The van der Waals surface area contributed by atoms with E-state index >= 15 is 0 Å². The summed E-state index contributed by atoms with van der Waals surface area (Å²) in [6, 6.07) is 13.0. The lowest BCUT2D eigenvalue weighted by Crippen LogP contribution is -2.36. The minimum atomic E-state index is -0.814.